The average Bonchev–Trinajstić information content (AvgIpc) is 2.43. The fourth-order valence-corrected chi connectivity index (χ4v) is 2.21. The Kier molecular flexibility index (Phi) is 7.45. The summed E-state index contributed by atoms with van der Waals surface area (Å²) in [7, 11) is 0. The SMILES string of the molecule is CC(C)C(NC(=O)c1ccc(F)cc1)C(=O)NCC1CNC1.Cl. The van der Waals surface area contributed by atoms with E-state index in [1.807, 2.05) is 13.8 Å². The molecule has 5 nitrogen and oxygen atoms in total. The molecule has 0 spiro atoms. The normalized spacial score (nSPS) is 15.3. The van der Waals surface area contributed by atoms with Crippen LogP contribution in [0.3, 0.4) is 0 Å². The first-order chi connectivity index (χ1) is 10.5. The van der Waals surface area contributed by atoms with E-state index in [2.05, 4.69) is 16.0 Å². The number of hydrogen-bond donors (Lipinski definition) is 3. The number of carbonyl (C=O) groups excluding carboxylic acids is 2. The van der Waals surface area contributed by atoms with Crippen LogP contribution >= 0.6 is 12.4 Å². The third-order valence-electron chi connectivity index (χ3n) is 3.77. The Hall–Kier alpha value is -1.66. The maximum Gasteiger partial charge on any atom is 0.251 e. The molecule has 7 heteroatoms. The van der Waals surface area contributed by atoms with Gasteiger partial charge in [0.25, 0.3) is 5.91 Å². The summed E-state index contributed by atoms with van der Waals surface area (Å²) in [5.41, 5.74) is 0.336. The molecule has 1 aromatic rings. The molecule has 1 aromatic carbocycles. The van der Waals surface area contributed by atoms with E-state index in [1.165, 1.54) is 24.3 Å². The van der Waals surface area contributed by atoms with Gasteiger partial charge in [0.2, 0.25) is 5.91 Å². The van der Waals surface area contributed by atoms with Crippen LogP contribution in [0.15, 0.2) is 24.3 Å². The summed E-state index contributed by atoms with van der Waals surface area (Å²) in [6.07, 6.45) is 0. The van der Waals surface area contributed by atoms with Crippen LogP contribution in [0, 0.1) is 17.7 Å². The van der Waals surface area contributed by atoms with Crippen molar-refractivity contribution in [3.63, 3.8) is 0 Å². The number of hydrogen-bond acceptors (Lipinski definition) is 3. The van der Waals surface area contributed by atoms with Gasteiger partial charge in [0.1, 0.15) is 11.9 Å². The van der Waals surface area contributed by atoms with Gasteiger partial charge in [0.05, 0.1) is 0 Å². The lowest BCUT2D eigenvalue weighted by molar-refractivity contribution is -0.124. The highest BCUT2D eigenvalue weighted by molar-refractivity contribution is 5.97. The zero-order valence-corrected chi connectivity index (χ0v) is 14.1. The number of rotatable bonds is 6. The Bertz CT molecular complexity index is 533. The Labute approximate surface area is 141 Å². The van der Waals surface area contributed by atoms with Gasteiger partial charge in [-0.2, -0.15) is 0 Å². The van der Waals surface area contributed by atoms with Crippen molar-refractivity contribution in [2.75, 3.05) is 19.6 Å². The van der Waals surface area contributed by atoms with Gasteiger partial charge in [0.15, 0.2) is 0 Å². The third kappa shape index (κ3) is 5.48. The van der Waals surface area contributed by atoms with E-state index in [4.69, 9.17) is 0 Å². The third-order valence-corrected chi connectivity index (χ3v) is 3.77. The monoisotopic (exact) mass is 343 g/mol. The molecule has 0 radical (unpaired) electrons. The van der Waals surface area contributed by atoms with Crippen molar-refractivity contribution in [3.8, 4) is 0 Å². The minimum absolute atomic E-state index is 0. The number of nitrogens with one attached hydrogen (secondary N) is 3. The molecular formula is C16H23ClFN3O2. The molecule has 0 saturated carbocycles. The topological polar surface area (TPSA) is 70.2 Å². The first-order valence-electron chi connectivity index (χ1n) is 7.52. The predicted molar refractivity (Wildman–Crippen MR) is 89.1 cm³/mol. The van der Waals surface area contributed by atoms with Gasteiger partial charge in [-0.05, 0) is 30.2 Å². The van der Waals surface area contributed by atoms with Gasteiger partial charge in [0, 0.05) is 31.1 Å². The van der Waals surface area contributed by atoms with Crippen molar-refractivity contribution in [1.29, 1.82) is 0 Å². The minimum atomic E-state index is -0.606. The van der Waals surface area contributed by atoms with E-state index in [9.17, 15) is 14.0 Å². The molecule has 1 unspecified atom stereocenters. The average molecular weight is 344 g/mol. The number of carbonyl (C=O) groups is 2. The molecule has 1 fully saturated rings. The molecule has 1 aliphatic rings. The van der Waals surface area contributed by atoms with Crippen molar-refractivity contribution < 1.29 is 14.0 Å². The summed E-state index contributed by atoms with van der Waals surface area (Å²) < 4.78 is 12.9. The van der Waals surface area contributed by atoms with Crippen LogP contribution in [0.1, 0.15) is 24.2 Å². The fraction of sp³-hybridized carbons (Fsp3) is 0.500. The van der Waals surface area contributed by atoms with Crippen LogP contribution in [-0.4, -0.2) is 37.5 Å². The molecule has 0 aliphatic carbocycles. The highest BCUT2D eigenvalue weighted by Crippen LogP contribution is 2.07. The number of halogens is 2. The summed E-state index contributed by atoms with van der Waals surface area (Å²) in [5.74, 6) is -0.534. The summed E-state index contributed by atoms with van der Waals surface area (Å²) in [4.78, 5) is 24.4. The summed E-state index contributed by atoms with van der Waals surface area (Å²) in [6, 6.07) is 4.65. The van der Waals surface area contributed by atoms with E-state index < -0.39 is 11.9 Å². The van der Waals surface area contributed by atoms with Crippen molar-refractivity contribution >= 4 is 24.2 Å². The molecule has 0 aromatic heterocycles. The van der Waals surface area contributed by atoms with Gasteiger partial charge in [-0.15, -0.1) is 12.4 Å². The molecule has 128 valence electrons. The quantitative estimate of drug-likeness (QED) is 0.730. The molecule has 1 saturated heterocycles. The summed E-state index contributed by atoms with van der Waals surface area (Å²) in [5, 5.41) is 8.74. The van der Waals surface area contributed by atoms with E-state index in [-0.39, 0.29) is 30.1 Å². The van der Waals surface area contributed by atoms with Gasteiger partial charge >= 0.3 is 0 Å². The second-order valence-electron chi connectivity index (χ2n) is 5.97. The highest BCUT2D eigenvalue weighted by Gasteiger charge is 2.26. The van der Waals surface area contributed by atoms with Crippen molar-refractivity contribution in [1.82, 2.24) is 16.0 Å². The molecule has 1 atom stereocenters. The highest BCUT2D eigenvalue weighted by atomic mass is 35.5. The molecule has 0 bridgehead atoms. The molecule has 2 amide bonds. The molecule has 2 rings (SSSR count). The largest absolute Gasteiger partial charge is 0.354 e. The van der Waals surface area contributed by atoms with Gasteiger partial charge in [-0.3, -0.25) is 9.59 Å². The maximum absolute atomic E-state index is 12.9. The Morgan fingerprint density at radius 2 is 1.87 bits per heavy atom. The fourth-order valence-electron chi connectivity index (χ4n) is 2.21. The molecule has 1 aliphatic heterocycles. The Morgan fingerprint density at radius 3 is 2.35 bits per heavy atom. The van der Waals surface area contributed by atoms with E-state index in [0.29, 0.717) is 18.0 Å². The first-order valence-corrected chi connectivity index (χ1v) is 7.52. The predicted octanol–water partition coefficient (Wildman–Crippen LogP) is 1.34. The van der Waals surface area contributed by atoms with Crippen molar-refractivity contribution in [2.24, 2.45) is 11.8 Å². The standard InChI is InChI=1S/C16H22FN3O2.ClH/c1-10(2)14(16(22)19-9-11-7-18-8-11)20-15(21)12-3-5-13(17)6-4-12;/h3-6,10-11,14,18H,7-9H2,1-2H3,(H,19,22)(H,20,21);1H. The molecule has 1 heterocycles. The first kappa shape index (κ1) is 19.4. The number of benzene rings is 1. The van der Waals surface area contributed by atoms with Crippen molar-refractivity contribution in [2.45, 2.75) is 19.9 Å². The maximum atomic E-state index is 12.9. The van der Waals surface area contributed by atoms with E-state index in [1.54, 1.807) is 0 Å². The lowest BCUT2D eigenvalue weighted by Gasteiger charge is -2.29. The lowest BCUT2D eigenvalue weighted by Crippen LogP contribution is -2.53. The smallest absolute Gasteiger partial charge is 0.251 e. The Balaban J connectivity index is 0.00000264. The van der Waals surface area contributed by atoms with E-state index in [0.717, 1.165) is 13.1 Å². The van der Waals surface area contributed by atoms with Crippen molar-refractivity contribution in [3.05, 3.63) is 35.6 Å². The van der Waals surface area contributed by atoms with Crippen LogP contribution in [0.4, 0.5) is 4.39 Å². The van der Waals surface area contributed by atoms with Gasteiger partial charge in [-0.1, -0.05) is 13.8 Å². The zero-order chi connectivity index (χ0) is 16.1. The Morgan fingerprint density at radius 1 is 1.26 bits per heavy atom. The second kappa shape index (κ2) is 8.84. The van der Waals surface area contributed by atoms with Gasteiger partial charge in [-0.25, -0.2) is 4.39 Å². The lowest BCUT2D eigenvalue weighted by atomic mass is 10.0. The summed E-state index contributed by atoms with van der Waals surface area (Å²) >= 11 is 0. The van der Waals surface area contributed by atoms with Crippen LogP contribution in [-0.2, 0) is 4.79 Å². The minimum Gasteiger partial charge on any atom is -0.354 e. The van der Waals surface area contributed by atoms with E-state index >= 15 is 0 Å². The number of amides is 2. The second-order valence-corrected chi connectivity index (χ2v) is 5.97. The molecule has 23 heavy (non-hydrogen) atoms. The summed E-state index contributed by atoms with van der Waals surface area (Å²) in [6.45, 7) is 6.19. The van der Waals surface area contributed by atoms with Crippen LogP contribution in [0.25, 0.3) is 0 Å². The zero-order valence-electron chi connectivity index (χ0n) is 13.3. The van der Waals surface area contributed by atoms with Crippen LogP contribution in [0.5, 0.6) is 0 Å². The van der Waals surface area contributed by atoms with Crippen LogP contribution < -0.4 is 16.0 Å². The molecular weight excluding hydrogens is 321 g/mol. The van der Waals surface area contributed by atoms with Crippen LogP contribution in [0.2, 0.25) is 0 Å². The molecule has 3 N–H and O–H groups in total. The van der Waals surface area contributed by atoms with Gasteiger partial charge < -0.3 is 16.0 Å².